The molecule has 13 nitrogen and oxygen atoms in total. The van der Waals surface area contributed by atoms with Crippen LogP contribution in [0.5, 0.6) is 23.0 Å². The Hall–Kier alpha value is -8.32. The van der Waals surface area contributed by atoms with Crippen molar-refractivity contribution in [3.05, 3.63) is 302 Å². The number of carbonyl (C=O) groups excluding carboxylic acids is 3. The first-order valence-electron chi connectivity index (χ1n) is 33.3. The van der Waals surface area contributed by atoms with Crippen LogP contribution in [0.3, 0.4) is 0 Å². The number of nitrogens with zero attached hydrogens (tertiary/aromatic N) is 4. The Bertz CT molecular complexity index is 4320. The minimum absolute atomic E-state index is 0.00861. The Balaban J connectivity index is 0.000000144. The molecule has 13 rings (SSSR count). The lowest BCUT2D eigenvalue weighted by Crippen LogP contribution is -2.35. The maximum atomic E-state index is 13.4. The van der Waals surface area contributed by atoms with E-state index in [0.29, 0.717) is 61.2 Å². The second-order valence-electron chi connectivity index (χ2n) is 24.9. The number of fused-ring (bicyclic) bond motifs is 4. The molecule has 0 saturated heterocycles. The van der Waals surface area contributed by atoms with Crippen molar-refractivity contribution < 1.29 is 41.7 Å². The Morgan fingerprint density at radius 3 is 1.10 bits per heavy atom. The first-order valence-corrected chi connectivity index (χ1v) is 37.8. The molecule has 4 unspecified atom stereocenters. The van der Waals surface area contributed by atoms with Crippen LogP contribution in [0, 0.1) is 6.92 Å². The predicted octanol–water partition coefficient (Wildman–Crippen LogP) is 15.8. The number of methoxy groups -OCH3 is 4. The molecule has 4 aliphatic heterocycles. The van der Waals surface area contributed by atoms with Gasteiger partial charge in [0.25, 0.3) is 0 Å². The van der Waals surface area contributed by atoms with E-state index in [2.05, 4.69) is 176 Å². The summed E-state index contributed by atoms with van der Waals surface area (Å²) >= 11 is 10.1. The molecule has 0 radical (unpaired) electrons. The fourth-order valence-corrected chi connectivity index (χ4v) is 16.0. The molecule has 0 fully saturated rings. The smallest absolute Gasteiger partial charge is 0.245 e. The van der Waals surface area contributed by atoms with Crippen LogP contribution in [0.4, 0.5) is 0 Å². The minimum atomic E-state index is -3.57. The van der Waals surface area contributed by atoms with Gasteiger partial charge < -0.3 is 33.6 Å². The van der Waals surface area contributed by atoms with Gasteiger partial charge in [0.1, 0.15) is 23.0 Å². The molecule has 3 amide bonds. The average Bonchev–Trinajstić information content (AvgIpc) is 1.74. The van der Waals surface area contributed by atoms with Crippen LogP contribution in [0.2, 0.25) is 0 Å². The van der Waals surface area contributed by atoms with Gasteiger partial charge in [0.15, 0.2) is 0 Å². The second kappa shape index (κ2) is 35.1. The van der Waals surface area contributed by atoms with Crippen molar-refractivity contribution in [3.63, 3.8) is 0 Å². The SMILES string of the molecule is C=CC(=O)N1CCc2ccc(OC)cc2C(c2ccccc2)C1.COc1ccc2c(c1)C(c1ccc(Br)cc1)CN(C(=O)CBr)CC2.COc1ccc2c(c1)C(c1ccccc1)CN(C(=O)CBr)CC2.COc1ccc2c(c1)C(c1ccccc1)CN(S(=O)(=O)c1ccc(C)cc1)CC2. The summed E-state index contributed by atoms with van der Waals surface area (Å²) in [5.74, 6) is 4.05. The fraction of sp³-hybridized carbons (Fsp3) is 0.280. The second-order valence-corrected chi connectivity index (χ2v) is 28.8. The van der Waals surface area contributed by atoms with Gasteiger partial charge in [0.2, 0.25) is 27.7 Å². The normalized spacial score (nSPS) is 17.2. The number of aryl methyl sites for hydroxylation is 1. The predicted molar refractivity (Wildman–Crippen MR) is 405 cm³/mol. The zero-order valence-electron chi connectivity index (χ0n) is 56.7. The van der Waals surface area contributed by atoms with Crippen molar-refractivity contribution in [2.24, 2.45) is 0 Å². The average molecular weight is 1540 g/mol. The summed E-state index contributed by atoms with van der Waals surface area (Å²) in [5.41, 5.74) is 15.7. The fourth-order valence-electron chi connectivity index (χ4n) is 13.6. The Morgan fingerprint density at radius 1 is 0.434 bits per heavy atom. The molecule has 9 aromatic rings. The van der Waals surface area contributed by atoms with Gasteiger partial charge in [-0.1, -0.05) is 199 Å². The van der Waals surface area contributed by atoms with E-state index in [1.165, 1.54) is 61.7 Å². The maximum absolute atomic E-state index is 13.4. The van der Waals surface area contributed by atoms with Gasteiger partial charge in [0, 0.05) is 80.5 Å². The molecule has 0 spiro atoms. The molecule has 99 heavy (non-hydrogen) atoms. The zero-order valence-corrected chi connectivity index (χ0v) is 62.3. The van der Waals surface area contributed by atoms with Crippen LogP contribution in [0.1, 0.15) is 96.0 Å². The number of hydrogen-bond acceptors (Lipinski definition) is 9. The molecule has 0 N–H and O–H groups in total. The molecule has 4 heterocycles. The number of amides is 3. The molecule has 0 aromatic heterocycles. The van der Waals surface area contributed by atoms with Crippen LogP contribution < -0.4 is 18.9 Å². The molecule has 4 atom stereocenters. The highest BCUT2D eigenvalue weighted by molar-refractivity contribution is 9.10. The number of hydrogen-bond donors (Lipinski definition) is 0. The molecular formula is C82H85Br3N4O9S. The topological polar surface area (TPSA) is 135 Å². The number of alkyl halides is 2. The van der Waals surface area contributed by atoms with Crippen molar-refractivity contribution >= 4 is 75.5 Å². The van der Waals surface area contributed by atoms with Crippen LogP contribution in [-0.2, 0) is 50.1 Å². The lowest BCUT2D eigenvalue weighted by molar-refractivity contribution is -0.129. The van der Waals surface area contributed by atoms with Crippen LogP contribution in [0.15, 0.2) is 234 Å². The monoisotopic (exact) mass is 1540 g/mol. The first kappa shape index (κ1) is 73.4. The van der Waals surface area contributed by atoms with Gasteiger partial charge in [-0.3, -0.25) is 14.4 Å². The summed E-state index contributed by atoms with van der Waals surface area (Å²) in [7, 11) is 3.15. The molecule has 4 aliphatic rings. The van der Waals surface area contributed by atoms with Gasteiger partial charge in [-0.15, -0.1) is 0 Å². The zero-order chi connectivity index (χ0) is 70.0. The molecule has 514 valence electrons. The highest BCUT2D eigenvalue weighted by Gasteiger charge is 2.34. The van der Waals surface area contributed by atoms with Crippen LogP contribution in [-0.4, -0.2) is 137 Å². The molecule has 17 heteroatoms. The highest BCUT2D eigenvalue weighted by atomic mass is 79.9. The van der Waals surface area contributed by atoms with Crippen molar-refractivity contribution in [1.29, 1.82) is 0 Å². The van der Waals surface area contributed by atoms with Crippen LogP contribution in [0.25, 0.3) is 0 Å². The number of benzene rings is 9. The van der Waals surface area contributed by atoms with Crippen molar-refractivity contribution in [1.82, 2.24) is 19.0 Å². The van der Waals surface area contributed by atoms with Crippen LogP contribution >= 0.6 is 47.8 Å². The van der Waals surface area contributed by atoms with E-state index in [1.807, 2.05) is 100 Å². The van der Waals surface area contributed by atoms with Gasteiger partial charge in [-0.05, 0) is 178 Å². The van der Waals surface area contributed by atoms with Gasteiger partial charge in [-0.25, -0.2) is 8.42 Å². The number of ether oxygens (including phenoxy) is 4. The third-order valence-electron chi connectivity index (χ3n) is 19.0. The van der Waals surface area contributed by atoms with Gasteiger partial charge >= 0.3 is 0 Å². The lowest BCUT2D eigenvalue weighted by atomic mass is 9.88. The quantitative estimate of drug-likeness (QED) is 0.0816. The summed E-state index contributed by atoms with van der Waals surface area (Å²) in [4.78, 5) is 42.8. The number of carbonyl (C=O) groups is 3. The molecule has 0 saturated carbocycles. The molecular weight excluding hydrogens is 1460 g/mol. The number of sulfonamides is 1. The summed E-state index contributed by atoms with van der Waals surface area (Å²) in [6, 6.07) is 71.1. The van der Waals surface area contributed by atoms with Crippen molar-refractivity contribution in [2.75, 3.05) is 91.5 Å². The largest absolute Gasteiger partial charge is 0.497 e. The Morgan fingerprint density at radius 2 is 0.758 bits per heavy atom. The van der Waals surface area contributed by atoms with E-state index in [0.717, 1.165) is 76.5 Å². The van der Waals surface area contributed by atoms with E-state index in [4.69, 9.17) is 18.9 Å². The highest BCUT2D eigenvalue weighted by Crippen LogP contribution is 2.39. The Labute approximate surface area is 609 Å². The Kier molecular flexibility index (Phi) is 26.0. The van der Waals surface area contributed by atoms with Gasteiger partial charge in [0.05, 0.1) is 44.0 Å². The van der Waals surface area contributed by atoms with E-state index in [-0.39, 0.29) is 41.4 Å². The third kappa shape index (κ3) is 18.4. The first-order chi connectivity index (χ1) is 48.1. The molecule has 9 aromatic carbocycles. The maximum Gasteiger partial charge on any atom is 0.245 e. The number of halogens is 3. The lowest BCUT2D eigenvalue weighted by Gasteiger charge is -2.25. The van der Waals surface area contributed by atoms with E-state index < -0.39 is 10.0 Å². The summed E-state index contributed by atoms with van der Waals surface area (Å²) < 4.78 is 51.2. The summed E-state index contributed by atoms with van der Waals surface area (Å²) in [5, 5.41) is 0.730. The standard InChI is InChI=1S/C24H25NO3S.C20H21NO2.C19H19Br2NO2.C19H20BrNO2/c1-18-8-12-22(13-9-18)29(26,27)25-15-14-20-10-11-21(28-2)16-23(20)24(17-25)19-6-4-3-5-7-19;1-3-20(22)21-12-11-16-9-10-17(23-2)13-18(16)19(14-21)15-7-5-4-6-8-15;1-24-16-7-4-14-8-9-22(19(23)11-20)12-18(17(14)10-16)13-2-5-15(21)6-3-13;1-23-16-8-7-15-9-10-21(19(22)12-20)13-18(17(15)11-16)14-5-3-2-4-6-14/h3-13,16,24H,14-15,17H2,1-2H3;3-10,13,19H,1,11-12,14H2,2H3;2-7,10,18H,8-9,11-12H2,1H3;2-8,11,18H,9-10,12-13H2,1H3. The molecule has 0 bridgehead atoms. The molecule has 0 aliphatic carbocycles. The third-order valence-corrected chi connectivity index (χ3v) is 22.4. The minimum Gasteiger partial charge on any atom is -0.497 e. The summed E-state index contributed by atoms with van der Waals surface area (Å²) in [6.45, 7) is 10.7. The van der Waals surface area contributed by atoms with E-state index in [1.54, 1.807) is 44.9 Å². The van der Waals surface area contributed by atoms with E-state index in [9.17, 15) is 22.8 Å². The van der Waals surface area contributed by atoms with E-state index >= 15 is 0 Å². The summed E-state index contributed by atoms with van der Waals surface area (Å²) in [6.07, 6.45) is 4.67. The van der Waals surface area contributed by atoms with Crippen molar-refractivity contribution in [3.8, 4) is 23.0 Å². The number of rotatable bonds is 13. The van der Waals surface area contributed by atoms with Crippen molar-refractivity contribution in [2.45, 2.75) is 61.2 Å². The van der Waals surface area contributed by atoms with Gasteiger partial charge in [-0.2, -0.15) is 4.31 Å².